The third-order valence-corrected chi connectivity index (χ3v) is 3.93. The van der Waals surface area contributed by atoms with Crippen LogP contribution in [0.15, 0.2) is 0 Å². The topological polar surface area (TPSA) is 38.5 Å². The molecule has 1 heterocycles. The first-order valence-corrected chi connectivity index (χ1v) is 7.46. The fraction of sp³-hybridized carbons (Fsp3) is 1.00. The van der Waals surface area contributed by atoms with Crippen LogP contribution in [0.4, 0.5) is 0 Å². The van der Waals surface area contributed by atoms with Gasteiger partial charge < -0.3 is 10.5 Å². The molecule has 0 amide bonds. The van der Waals surface area contributed by atoms with E-state index in [1.807, 2.05) is 0 Å². The lowest BCUT2D eigenvalue weighted by molar-refractivity contribution is -0.0697. The first kappa shape index (κ1) is 15.9. The van der Waals surface area contributed by atoms with Crippen molar-refractivity contribution >= 4 is 0 Å². The minimum absolute atomic E-state index is 0.158. The molecular weight excluding hydrogens is 224 g/mol. The third kappa shape index (κ3) is 3.94. The molecule has 1 rings (SSSR count). The molecule has 0 aromatic carbocycles. The van der Waals surface area contributed by atoms with Crippen LogP contribution in [0.25, 0.3) is 0 Å². The Morgan fingerprint density at radius 3 is 2.17 bits per heavy atom. The van der Waals surface area contributed by atoms with Crippen LogP contribution in [0.2, 0.25) is 0 Å². The monoisotopic (exact) mass is 256 g/mol. The number of ether oxygens (including phenoxy) is 1. The van der Waals surface area contributed by atoms with Gasteiger partial charge in [0.25, 0.3) is 0 Å². The van der Waals surface area contributed by atoms with Crippen molar-refractivity contribution in [2.75, 3.05) is 26.3 Å². The molecule has 1 fully saturated rings. The molecular formula is C15H32N2O. The maximum Gasteiger partial charge on any atom is 0.0620 e. The number of nitrogens with two attached hydrogens (primary N) is 1. The third-order valence-electron chi connectivity index (χ3n) is 3.93. The predicted molar refractivity (Wildman–Crippen MR) is 77.7 cm³/mol. The first-order valence-electron chi connectivity index (χ1n) is 7.46. The molecule has 0 spiro atoms. The number of nitrogens with zero attached hydrogens (tertiary/aromatic N) is 1. The number of rotatable bonds is 6. The Hall–Kier alpha value is -0.120. The molecule has 1 aliphatic rings. The van der Waals surface area contributed by atoms with E-state index in [-0.39, 0.29) is 5.54 Å². The Kier molecular flexibility index (Phi) is 6.09. The molecule has 3 heteroatoms. The Morgan fingerprint density at radius 2 is 1.78 bits per heavy atom. The van der Waals surface area contributed by atoms with Gasteiger partial charge in [-0.1, -0.05) is 27.7 Å². The fourth-order valence-electron chi connectivity index (χ4n) is 3.55. The van der Waals surface area contributed by atoms with E-state index in [0.717, 1.165) is 26.3 Å². The van der Waals surface area contributed by atoms with Crippen LogP contribution in [0.1, 0.15) is 47.5 Å². The summed E-state index contributed by atoms with van der Waals surface area (Å²) in [6.07, 6.45) is 2.37. The molecule has 0 aliphatic carbocycles. The van der Waals surface area contributed by atoms with Gasteiger partial charge in [0.05, 0.1) is 13.2 Å². The zero-order valence-electron chi connectivity index (χ0n) is 12.9. The van der Waals surface area contributed by atoms with Crippen LogP contribution in [0.3, 0.4) is 0 Å². The lowest BCUT2D eigenvalue weighted by atomic mass is 9.79. The average molecular weight is 256 g/mol. The average Bonchev–Trinajstić information content (AvgIpc) is 2.27. The maximum absolute atomic E-state index is 6.21. The predicted octanol–water partition coefficient (Wildman–Crippen LogP) is 2.50. The summed E-state index contributed by atoms with van der Waals surface area (Å²) in [7, 11) is 0. The molecule has 1 atom stereocenters. The second-order valence-electron chi connectivity index (χ2n) is 6.74. The molecule has 108 valence electrons. The second kappa shape index (κ2) is 6.88. The summed E-state index contributed by atoms with van der Waals surface area (Å²) < 4.78 is 5.58. The van der Waals surface area contributed by atoms with Crippen molar-refractivity contribution in [3.63, 3.8) is 0 Å². The SMILES string of the molecule is CC(C)CC(CN)(CC(C)C)N1CCOCC1C. The van der Waals surface area contributed by atoms with Crippen molar-refractivity contribution in [3.8, 4) is 0 Å². The van der Waals surface area contributed by atoms with Gasteiger partial charge in [0, 0.05) is 24.7 Å². The fourth-order valence-corrected chi connectivity index (χ4v) is 3.55. The minimum Gasteiger partial charge on any atom is -0.379 e. The van der Waals surface area contributed by atoms with E-state index in [2.05, 4.69) is 39.5 Å². The normalized spacial score (nSPS) is 23.0. The van der Waals surface area contributed by atoms with Gasteiger partial charge in [-0.2, -0.15) is 0 Å². The van der Waals surface area contributed by atoms with E-state index in [4.69, 9.17) is 10.5 Å². The Morgan fingerprint density at radius 1 is 1.22 bits per heavy atom. The molecule has 0 bridgehead atoms. The molecule has 0 radical (unpaired) electrons. The van der Waals surface area contributed by atoms with Gasteiger partial charge in [-0.3, -0.25) is 4.90 Å². The smallest absolute Gasteiger partial charge is 0.0620 e. The molecule has 1 saturated heterocycles. The Balaban J connectivity index is 2.91. The van der Waals surface area contributed by atoms with Gasteiger partial charge in [0.15, 0.2) is 0 Å². The Labute approximate surface area is 113 Å². The second-order valence-corrected chi connectivity index (χ2v) is 6.74. The van der Waals surface area contributed by atoms with E-state index in [1.54, 1.807) is 0 Å². The quantitative estimate of drug-likeness (QED) is 0.793. The number of morpholine rings is 1. The standard InChI is InChI=1S/C15H32N2O/c1-12(2)8-15(11-16,9-13(3)4)17-6-7-18-10-14(17)5/h12-14H,6-11,16H2,1-5H3. The van der Waals surface area contributed by atoms with Crippen molar-refractivity contribution in [3.05, 3.63) is 0 Å². The van der Waals surface area contributed by atoms with Gasteiger partial charge in [-0.05, 0) is 31.6 Å². The number of hydrogen-bond acceptors (Lipinski definition) is 3. The van der Waals surface area contributed by atoms with E-state index < -0.39 is 0 Å². The van der Waals surface area contributed by atoms with Crippen molar-refractivity contribution < 1.29 is 4.74 Å². The van der Waals surface area contributed by atoms with Gasteiger partial charge in [0.1, 0.15) is 0 Å². The summed E-state index contributed by atoms with van der Waals surface area (Å²) in [5, 5.41) is 0. The van der Waals surface area contributed by atoms with Gasteiger partial charge in [-0.15, -0.1) is 0 Å². The van der Waals surface area contributed by atoms with E-state index in [9.17, 15) is 0 Å². The van der Waals surface area contributed by atoms with Gasteiger partial charge in [0.2, 0.25) is 0 Å². The van der Waals surface area contributed by atoms with Crippen LogP contribution in [-0.4, -0.2) is 42.8 Å². The molecule has 2 N–H and O–H groups in total. The zero-order valence-corrected chi connectivity index (χ0v) is 12.9. The molecule has 1 aliphatic heterocycles. The van der Waals surface area contributed by atoms with Crippen molar-refractivity contribution in [2.24, 2.45) is 17.6 Å². The van der Waals surface area contributed by atoms with Crippen LogP contribution >= 0.6 is 0 Å². The lowest BCUT2D eigenvalue weighted by Gasteiger charge is -2.50. The van der Waals surface area contributed by atoms with Crippen LogP contribution in [0.5, 0.6) is 0 Å². The van der Waals surface area contributed by atoms with Crippen LogP contribution < -0.4 is 5.73 Å². The van der Waals surface area contributed by atoms with E-state index >= 15 is 0 Å². The van der Waals surface area contributed by atoms with Gasteiger partial charge >= 0.3 is 0 Å². The molecule has 3 nitrogen and oxygen atoms in total. The highest BCUT2D eigenvalue weighted by Crippen LogP contribution is 2.33. The molecule has 0 saturated carbocycles. The summed E-state index contributed by atoms with van der Waals surface area (Å²) >= 11 is 0. The maximum atomic E-state index is 6.21. The van der Waals surface area contributed by atoms with Crippen molar-refractivity contribution in [1.82, 2.24) is 4.90 Å². The molecule has 18 heavy (non-hydrogen) atoms. The molecule has 1 unspecified atom stereocenters. The van der Waals surface area contributed by atoms with Gasteiger partial charge in [-0.25, -0.2) is 0 Å². The van der Waals surface area contributed by atoms with Crippen LogP contribution in [0, 0.1) is 11.8 Å². The van der Waals surface area contributed by atoms with E-state index in [1.165, 1.54) is 12.8 Å². The summed E-state index contributed by atoms with van der Waals surface area (Å²) in [4.78, 5) is 2.62. The lowest BCUT2D eigenvalue weighted by Crippen LogP contribution is -2.61. The summed E-state index contributed by atoms with van der Waals surface area (Å²) in [5.41, 5.74) is 6.37. The van der Waals surface area contributed by atoms with Crippen molar-refractivity contribution in [2.45, 2.75) is 59.0 Å². The van der Waals surface area contributed by atoms with Crippen LogP contribution in [-0.2, 0) is 4.74 Å². The molecule has 0 aromatic heterocycles. The Bertz CT molecular complexity index is 231. The summed E-state index contributed by atoms with van der Waals surface area (Å²) in [5.74, 6) is 1.37. The largest absolute Gasteiger partial charge is 0.379 e. The summed E-state index contributed by atoms with van der Waals surface area (Å²) in [6, 6.07) is 0.486. The number of hydrogen-bond donors (Lipinski definition) is 1. The highest BCUT2D eigenvalue weighted by molar-refractivity contribution is 4.96. The van der Waals surface area contributed by atoms with Crippen molar-refractivity contribution in [1.29, 1.82) is 0 Å². The minimum atomic E-state index is 0.158. The first-order chi connectivity index (χ1) is 8.41. The zero-order chi connectivity index (χ0) is 13.8. The molecule has 0 aromatic rings. The highest BCUT2D eigenvalue weighted by Gasteiger charge is 2.40. The summed E-state index contributed by atoms with van der Waals surface area (Å²) in [6.45, 7) is 15.0. The van der Waals surface area contributed by atoms with E-state index in [0.29, 0.717) is 17.9 Å². The highest BCUT2D eigenvalue weighted by atomic mass is 16.5.